The van der Waals surface area contributed by atoms with E-state index < -0.39 is 0 Å². The van der Waals surface area contributed by atoms with E-state index in [1.807, 2.05) is 20.8 Å². The monoisotopic (exact) mass is 264 g/mol. The largest absolute Gasteiger partial charge is 0.463 e. The van der Waals surface area contributed by atoms with Gasteiger partial charge in [0.15, 0.2) is 0 Å². The first kappa shape index (κ1) is 17.8. The molecule has 108 valence electrons. The van der Waals surface area contributed by atoms with Gasteiger partial charge in [0.2, 0.25) is 0 Å². The highest BCUT2D eigenvalue weighted by atomic mass is 16.5. The van der Waals surface area contributed by atoms with E-state index in [1.54, 1.807) is 0 Å². The van der Waals surface area contributed by atoms with Gasteiger partial charge in [-0.25, -0.2) is 4.79 Å². The molecule has 0 spiro atoms. The number of rotatable bonds is 8. The Hall–Kier alpha value is -1.23. The van der Waals surface area contributed by atoms with Gasteiger partial charge in [-0.2, -0.15) is 0 Å². The van der Waals surface area contributed by atoms with Crippen molar-refractivity contribution < 1.29 is 9.53 Å². The van der Waals surface area contributed by atoms with Crippen LogP contribution in [-0.4, -0.2) is 12.6 Å². The van der Waals surface area contributed by atoms with Crippen LogP contribution in [-0.2, 0) is 9.53 Å². The number of hydrogen-bond acceptors (Lipinski definition) is 2. The fourth-order valence-electron chi connectivity index (χ4n) is 1.68. The van der Waals surface area contributed by atoms with Crippen molar-refractivity contribution in [1.82, 2.24) is 0 Å². The molecule has 0 N–H and O–H groups in total. The molecule has 0 aliphatic carbocycles. The fraction of sp³-hybridized carbons (Fsp3) is 0.706. The zero-order valence-corrected chi connectivity index (χ0v) is 13.0. The third-order valence-corrected chi connectivity index (χ3v) is 3.11. The van der Waals surface area contributed by atoms with Gasteiger partial charge in [-0.3, -0.25) is 0 Å². The topological polar surface area (TPSA) is 26.3 Å². The van der Waals surface area contributed by atoms with Gasteiger partial charge < -0.3 is 4.74 Å². The van der Waals surface area contributed by atoms with Crippen molar-refractivity contribution in [2.75, 3.05) is 6.61 Å². The molecule has 0 aromatic rings. The summed E-state index contributed by atoms with van der Waals surface area (Å²) in [5.41, 5.74) is 1.86. The highest BCUT2D eigenvalue weighted by Crippen LogP contribution is 2.13. The smallest absolute Gasteiger partial charge is 0.333 e. The molecule has 0 aliphatic rings. The van der Waals surface area contributed by atoms with Gasteiger partial charge in [-0.1, -0.05) is 25.3 Å². The lowest BCUT2D eigenvalue weighted by Gasteiger charge is -2.06. The summed E-state index contributed by atoms with van der Waals surface area (Å²) in [6.07, 6.45) is 7.61. The van der Waals surface area contributed by atoms with Crippen LogP contribution in [0.5, 0.6) is 0 Å². The first-order chi connectivity index (χ1) is 9.13. The number of esters is 1. The zero-order chi connectivity index (χ0) is 14.5. The average Bonchev–Trinajstić information content (AvgIpc) is 2.41. The molecule has 0 heterocycles. The van der Waals surface area contributed by atoms with Crippen molar-refractivity contribution in [3.05, 3.63) is 11.1 Å². The Morgan fingerprint density at radius 3 is 2.21 bits per heavy atom. The molecule has 19 heavy (non-hydrogen) atoms. The summed E-state index contributed by atoms with van der Waals surface area (Å²) in [5, 5.41) is 0. The van der Waals surface area contributed by atoms with Crippen molar-refractivity contribution in [1.29, 1.82) is 0 Å². The lowest BCUT2D eigenvalue weighted by Crippen LogP contribution is -2.07. The minimum atomic E-state index is -0.189. The summed E-state index contributed by atoms with van der Waals surface area (Å²) in [7, 11) is 0. The van der Waals surface area contributed by atoms with Gasteiger partial charge in [0.25, 0.3) is 0 Å². The molecular formula is C17H28O2. The molecule has 0 aromatic carbocycles. The SMILES string of the molecule is CCCCCC#CCCC/C(C)=C(\C)C(=O)OCC. The third-order valence-electron chi connectivity index (χ3n) is 3.11. The van der Waals surface area contributed by atoms with Crippen LogP contribution in [0.1, 0.15) is 72.6 Å². The second-order valence-electron chi connectivity index (χ2n) is 4.79. The average molecular weight is 264 g/mol. The van der Waals surface area contributed by atoms with Crippen LogP contribution in [0.3, 0.4) is 0 Å². The predicted octanol–water partition coefficient (Wildman–Crippen LogP) is 4.64. The van der Waals surface area contributed by atoms with E-state index in [4.69, 9.17) is 4.74 Å². The minimum absolute atomic E-state index is 0.189. The van der Waals surface area contributed by atoms with Crippen LogP contribution < -0.4 is 0 Å². The number of allylic oxidation sites excluding steroid dienone is 1. The second-order valence-corrected chi connectivity index (χ2v) is 4.79. The molecule has 2 nitrogen and oxygen atoms in total. The highest BCUT2D eigenvalue weighted by molar-refractivity contribution is 5.88. The Balaban J connectivity index is 3.87. The maximum Gasteiger partial charge on any atom is 0.333 e. The first-order valence-electron chi connectivity index (χ1n) is 7.42. The van der Waals surface area contributed by atoms with Crippen LogP contribution >= 0.6 is 0 Å². The molecule has 0 unspecified atom stereocenters. The van der Waals surface area contributed by atoms with Gasteiger partial charge in [0.1, 0.15) is 0 Å². The third kappa shape index (κ3) is 9.36. The van der Waals surface area contributed by atoms with Crippen molar-refractivity contribution in [3.8, 4) is 11.8 Å². The van der Waals surface area contributed by atoms with Crippen molar-refractivity contribution in [3.63, 3.8) is 0 Å². The van der Waals surface area contributed by atoms with Crippen molar-refractivity contribution in [2.24, 2.45) is 0 Å². The Morgan fingerprint density at radius 1 is 1.00 bits per heavy atom. The minimum Gasteiger partial charge on any atom is -0.463 e. The molecule has 0 aliphatic heterocycles. The summed E-state index contributed by atoms with van der Waals surface area (Å²) in [6, 6.07) is 0. The summed E-state index contributed by atoms with van der Waals surface area (Å²) in [5.74, 6) is 6.22. The molecule has 0 rings (SSSR count). The summed E-state index contributed by atoms with van der Waals surface area (Å²) in [4.78, 5) is 11.5. The van der Waals surface area contributed by atoms with Gasteiger partial charge in [-0.05, 0) is 40.0 Å². The van der Waals surface area contributed by atoms with Gasteiger partial charge in [0, 0.05) is 18.4 Å². The van der Waals surface area contributed by atoms with Gasteiger partial charge in [0.05, 0.1) is 6.61 Å². The Kier molecular flexibility index (Phi) is 11.1. The molecule has 0 saturated heterocycles. The second kappa shape index (κ2) is 11.8. The number of carbonyl (C=O) groups excluding carboxylic acids is 1. The number of carbonyl (C=O) groups is 1. The van der Waals surface area contributed by atoms with Crippen molar-refractivity contribution in [2.45, 2.75) is 72.6 Å². The maximum absolute atomic E-state index is 11.5. The van der Waals surface area contributed by atoms with E-state index in [0.29, 0.717) is 6.61 Å². The Bertz CT molecular complexity index is 342. The lowest BCUT2D eigenvalue weighted by molar-refractivity contribution is -0.138. The normalized spacial score (nSPS) is 11.4. The number of unbranched alkanes of at least 4 members (excludes halogenated alkanes) is 4. The zero-order valence-electron chi connectivity index (χ0n) is 13.0. The van der Waals surface area contributed by atoms with Gasteiger partial charge in [-0.15, -0.1) is 11.8 Å². The maximum atomic E-state index is 11.5. The van der Waals surface area contributed by atoms with Crippen LogP contribution in [0.25, 0.3) is 0 Å². The summed E-state index contributed by atoms with van der Waals surface area (Å²) in [6.45, 7) is 8.31. The van der Waals surface area contributed by atoms with E-state index in [9.17, 15) is 4.79 Å². The Morgan fingerprint density at radius 2 is 1.63 bits per heavy atom. The van der Waals surface area contributed by atoms with Crippen molar-refractivity contribution >= 4 is 5.97 Å². The molecule has 0 aromatic heterocycles. The molecule has 0 saturated carbocycles. The van der Waals surface area contributed by atoms with E-state index >= 15 is 0 Å². The standard InChI is InChI=1S/C17H28O2/c1-5-7-8-9-10-11-12-13-14-15(3)16(4)17(18)19-6-2/h5-9,12-14H2,1-4H3/b16-15+. The molecule has 0 atom stereocenters. The van der Waals surface area contributed by atoms with E-state index in [1.165, 1.54) is 19.3 Å². The fourth-order valence-corrected chi connectivity index (χ4v) is 1.68. The molecule has 2 heteroatoms. The van der Waals surface area contributed by atoms with Crippen LogP contribution in [0.4, 0.5) is 0 Å². The van der Waals surface area contributed by atoms with E-state index in [-0.39, 0.29) is 5.97 Å². The van der Waals surface area contributed by atoms with E-state index in [0.717, 1.165) is 36.8 Å². The lowest BCUT2D eigenvalue weighted by atomic mass is 10.0. The Labute approximate surface area is 118 Å². The predicted molar refractivity (Wildman–Crippen MR) is 80.8 cm³/mol. The molecule has 0 bridgehead atoms. The highest BCUT2D eigenvalue weighted by Gasteiger charge is 2.07. The summed E-state index contributed by atoms with van der Waals surface area (Å²) >= 11 is 0. The van der Waals surface area contributed by atoms with Crippen LogP contribution in [0, 0.1) is 11.8 Å². The summed E-state index contributed by atoms with van der Waals surface area (Å²) < 4.78 is 4.98. The first-order valence-corrected chi connectivity index (χ1v) is 7.42. The molecular weight excluding hydrogens is 236 g/mol. The number of hydrogen-bond donors (Lipinski definition) is 0. The van der Waals surface area contributed by atoms with Crippen LogP contribution in [0.2, 0.25) is 0 Å². The molecule has 0 fully saturated rings. The van der Waals surface area contributed by atoms with E-state index in [2.05, 4.69) is 18.8 Å². The molecule has 0 amide bonds. The van der Waals surface area contributed by atoms with Gasteiger partial charge >= 0.3 is 5.97 Å². The molecule has 0 radical (unpaired) electrons. The quantitative estimate of drug-likeness (QED) is 0.276. The van der Waals surface area contributed by atoms with Crippen LogP contribution in [0.15, 0.2) is 11.1 Å². The number of ether oxygens (including phenoxy) is 1.